The highest BCUT2D eigenvalue weighted by Crippen LogP contribution is 2.64. The molecule has 3 fully saturated rings. The van der Waals surface area contributed by atoms with E-state index in [9.17, 15) is 44.4 Å². The van der Waals surface area contributed by atoms with E-state index in [0.29, 0.717) is 5.56 Å². The van der Waals surface area contributed by atoms with Crippen molar-refractivity contribution in [1.82, 2.24) is 5.32 Å². The molecule has 1 heterocycles. The predicted molar refractivity (Wildman–Crippen MR) is 204 cm³/mol. The van der Waals surface area contributed by atoms with Crippen molar-refractivity contribution in [2.45, 2.75) is 128 Å². The van der Waals surface area contributed by atoms with Crippen molar-refractivity contribution in [2.24, 2.45) is 16.7 Å². The second kappa shape index (κ2) is 15.2. The van der Waals surface area contributed by atoms with Crippen LogP contribution in [0.5, 0.6) is 0 Å². The number of nitrogens with one attached hydrogen (secondary N) is 1. The fraction of sp³-hybridized carbons (Fsp3) is 0.558. The first-order chi connectivity index (χ1) is 27.0. The number of esters is 3. The predicted octanol–water partition coefficient (Wildman–Crippen LogP) is 3.26. The van der Waals surface area contributed by atoms with Crippen LogP contribution in [-0.4, -0.2) is 110 Å². The highest BCUT2D eigenvalue weighted by molar-refractivity contribution is 5.94. The van der Waals surface area contributed by atoms with Crippen molar-refractivity contribution in [3.63, 3.8) is 0 Å². The maximum Gasteiger partial charge on any atom is 0.408 e. The summed E-state index contributed by atoms with van der Waals surface area (Å²) in [6.45, 7) is 11.8. The van der Waals surface area contributed by atoms with Crippen LogP contribution in [0.2, 0.25) is 0 Å². The van der Waals surface area contributed by atoms with Gasteiger partial charge in [-0.1, -0.05) is 62.4 Å². The van der Waals surface area contributed by atoms with Crippen LogP contribution in [0.15, 0.2) is 71.8 Å². The van der Waals surface area contributed by atoms with E-state index in [1.165, 1.54) is 26.0 Å². The summed E-state index contributed by atoms with van der Waals surface area (Å²) in [6, 6.07) is 14.6. The summed E-state index contributed by atoms with van der Waals surface area (Å²) < 4.78 is 29.5. The molecule has 0 aromatic heterocycles. The third-order valence-corrected chi connectivity index (χ3v) is 12.6. The van der Waals surface area contributed by atoms with E-state index in [1.807, 2.05) is 0 Å². The molecule has 1 saturated heterocycles. The zero-order valence-corrected chi connectivity index (χ0v) is 33.9. The van der Waals surface area contributed by atoms with Crippen LogP contribution >= 0.6 is 0 Å². The van der Waals surface area contributed by atoms with Crippen molar-refractivity contribution < 1.29 is 68.1 Å². The van der Waals surface area contributed by atoms with Gasteiger partial charge in [0, 0.05) is 25.2 Å². The second-order valence-electron chi connectivity index (χ2n) is 17.6. The van der Waals surface area contributed by atoms with Gasteiger partial charge in [0.15, 0.2) is 17.5 Å². The van der Waals surface area contributed by atoms with Gasteiger partial charge in [-0.05, 0) is 63.5 Å². The Balaban J connectivity index is 1.49. The number of amides is 1. The van der Waals surface area contributed by atoms with Crippen LogP contribution in [0.3, 0.4) is 0 Å². The Morgan fingerprint density at radius 3 is 2.10 bits per heavy atom. The smallest absolute Gasteiger partial charge is 0.408 e. The number of hydrogen-bond donors (Lipinski definition) is 5. The molecule has 4 aliphatic rings. The molecule has 1 amide bonds. The van der Waals surface area contributed by atoms with Crippen LogP contribution in [0.25, 0.3) is 0 Å². The molecule has 0 unspecified atom stereocenters. The largest absolute Gasteiger partial charge is 0.456 e. The summed E-state index contributed by atoms with van der Waals surface area (Å²) in [6.07, 6.45) is -11.5. The number of fused-ring (bicyclic) bond motifs is 5. The molecule has 0 spiro atoms. The molecule has 3 aliphatic carbocycles. The van der Waals surface area contributed by atoms with Gasteiger partial charge in [-0.2, -0.15) is 0 Å². The summed E-state index contributed by atoms with van der Waals surface area (Å²) in [7, 11) is 0. The number of carbonyl (C=O) groups excluding carboxylic acids is 5. The summed E-state index contributed by atoms with van der Waals surface area (Å²) in [5.41, 5.74) is -8.14. The minimum atomic E-state index is -2.35. The molecule has 2 saturated carbocycles. The van der Waals surface area contributed by atoms with Crippen molar-refractivity contribution in [3.8, 4) is 0 Å². The summed E-state index contributed by atoms with van der Waals surface area (Å²) in [4.78, 5) is 68.9. The average Bonchev–Trinajstić information content (AvgIpc) is 3.14. The number of benzene rings is 2. The first-order valence-corrected chi connectivity index (χ1v) is 19.3. The van der Waals surface area contributed by atoms with Gasteiger partial charge >= 0.3 is 24.0 Å². The molecular formula is C43H53NO14. The van der Waals surface area contributed by atoms with Gasteiger partial charge in [-0.25, -0.2) is 14.4 Å². The summed E-state index contributed by atoms with van der Waals surface area (Å²) in [5.74, 6) is -5.36. The molecular weight excluding hydrogens is 754 g/mol. The molecule has 314 valence electrons. The Labute approximate surface area is 336 Å². The number of hydrogen-bond acceptors (Lipinski definition) is 14. The quantitative estimate of drug-likeness (QED) is 0.147. The van der Waals surface area contributed by atoms with E-state index in [4.69, 9.17) is 23.7 Å². The lowest BCUT2D eigenvalue weighted by molar-refractivity contribution is -0.346. The molecule has 6 rings (SSSR count). The van der Waals surface area contributed by atoms with Gasteiger partial charge in [0.05, 0.1) is 35.6 Å². The van der Waals surface area contributed by atoms with Crippen molar-refractivity contribution in [2.75, 3.05) is 6.61 Å². The topological polar surface area (TPSA) is 224 Å². The number of alkyl carbamates (subject to hydrolysis) is 1. The summed E-state index contributed by atoms with van der Waals surface area (Å²) in [5, 5.41) is 51.6. The van der Waals surface area contributed by atoms with E-state index in [1.54, 1.807) is 83.1 Å². The van der Waals surface area contributed by atoms with Gasteiger partial charge < -0.3 is 49.4 Å². The van der Waals surface area contributed by atoms with Crippen LogP contribution < -0.4 is 5.32 Å². The fourth-order valence-corrected chi connectivity index (χ4v) is 9.56. The number of aliphatic hydroxyl groups is 4. The first-order valence-electron chi connectivity index (χ1n) is 19.3. The fourth-order valence-electron chi connectivity index (χ4n) is 9.56. The third-order valence-electron chi connectivity index (χ3n) is 12.6. The lowest BCUT2D eigenvalue weighted by atomic mass is 9.44. The highest BCUT2D eigenvalue weighted by atomic mass is 16.6. The molecule has 5 N–H and O–H groups in total. The van der Waals surface area contributed by atoms with E-state index >= 15 is 0 Å². The molecule has 58 heavy (non-hydrogen) atoms. The Hall–Kier alpha value is -4.67. The zero-order valence-electron chi connectivity index (χ0n) is 33.9. The van der Waals surface area contributed by atoms with Crippen molar-refractivity contribution >= 4 is 29.8 Å². The van der Waals surface area contributed by atoms with Gasteiger partial charge in [-0.15, -0.1) is 0 Å². The number of aliphatic hydroxyl groups excluding tert-OH is 3. The highest BCUT2D eigenvalue weighted by Gasteiger charge is 2.78. The lowest BCUT2D eigenvalue weighted by Gasteiger charge is -2.67. The Morgan fingerprint density at radius 2 is 1.55 bits per heavy atom. The molecule has 1 aliphatic heterocycles. The van der Waals surface area contributed by atoms with Gasteiger partial charge in [0.25, 0.3) is 0 Å². The average molecular weight is 808 g/mol. The Kier molecular flexibility index (Phi) is 11.2. The standard InChI is InChI=1S/C43H53NO14/c1-22-26(55-37(51)32(48)30(24-15-11-9-12-16-24)44-38(52)58-39(3,4)5)20-43(53)35(56-36(50)25-17-13-10-14-18-25)33-41(8,34(49)31(47)29(22)40(43,6)7)27(46)19-28-42(33,21-54-28)57-23(2)45/h9-18,26-28,30-33,35,46-48,53H,19-21H2,1-8H3,(H,44,52)/t26-,27+,28+,30-,31+,32+,33-,35-,41+,42-,43+/m0/s1. The summed E-state index contributed by atoms with van der Waals surface area (Å²) >= 11 is 0. The number of Topliss-reactive ketones (excluding diaryl/α,β-unsaturated/α-hetero) is 1. The van der Waals surface area contributed by atoms with Crippen LogP contribution in [-0.2, 0) is 38.1 Å². The van der Waals surface area contributed by atoms with Crippen molar-refractivity contribution in [1.29, 1.82) is 0 Å². The maximum atomic E-state index is 14.9. The molecule has 15 nitrogen and oxygen atoms in total. The van der Waals surface area contributed by atoms with E-state index in [-0.39, 0.29) is 29.7 Å². The maximum absolute atomic E-state index is 14.9. The Morgan fingerprint density at radius 1 is 0.948 bits per heavy atom. The molecule has 2 aromatic rings. The van der Waals surface area contributed by atoms with Crippen molar-refractivity contribution in [3.05, 3.63) is 82.9 Å². The van der Waals surface area contributed by atoms with Gasteiger partial charge in [-0.3, -0.25) is 9.59 Å². The molecule has 2 aromatic carbocycles. The number of carbonyl (C=O) groups is 5. The normalized spacial score (nSPS) is 33.7. The molecule has 15 heteroatoms. The number of ether oxygens (including phenoxy) is 5. The Bertz CT molecular complexity index is 1980. The van der Waals surface area contributed by atoms with E-state index in [2.05, 4.69) is 5.32 Å². The SMILES string of the molecule is CC(=O)O[C@@]12CO[C@@H]1C[C@@H](O)[C@@]1(C)C(=O)[C@H](O)C3=C(C)[C@@H](OC(=O)[C@H](O)[C@@H](NC(=O)OC(C)(C)C)c4ccccc4)C[C@@](O)([C@@H](OC(=O)c4ccccc4)[C@H]21)C3(C)C. The molecule has 0 radical (unpaired) electrons. The minimum Gasteiger partial charge on any atom is -0.456 e. The van der Waals surface area contributed by atoms with E-state index in [0.717, 1.165) is 6.92 Å². The monoisotopic (exact) mass is 807 g/mol. The zero-order chi connectivity index (χ0) is 42.7. The van der Waals surface area contributed by atoms with E-state index < -0.39 is 112 Å². The number of ketones is 1. The first kappa shape index (κ1) is 42.9. The second-order valence-corrected chi connectivity index (χ2v) is 17.6. The van der Waals surface area contributed by atoms with Crippen LogP contribution in [0.1, 0.15) is 90.2 Å². The minimum absolute atomic E-state index is 0.0637. The third kappa shape index (κ3) is 7.10. The molecule has 11 atom stereocenters. The van der Waals surface area contributed by atoms with Gasteiger partial charge in [0.1, 0.15) is 35.6 Å². The van der Waals surface area contributed by atoms with Crippen LogP contribution in [0, 0.1) is 16.7 Å². The van der Waals surface area contributed by atoms with Gasteiger partial charge in [0.2, 0.25) is 0 Å². The van der Waals surface area contributed by atoms with Crippen LogP contribution in [0.4, 0.5) is 4.79 Å². The number of rotatable bonds is 8. The lowest BCUT2D eigenvalue weighted by Crippen LogP contribution is -2.81. The molecule has 2 bridgehead atoms.